The van der Waals surface area contributed by atoms with Crippen molar-refractivity contribution in [2.24, 2.45) is 0 Å². The van der Waals surface area contributed by atoms with Crippen molar-refractivity contribution < 1.29 is 28.6 Å². The number of hydrogen-bond acceptors (Lipinski definition) is 5. The summed E-state index contributed by atoms with van der Waals surface area (Å²) >= 11 is 0. The summed E-state index contributed by atoms with van der Waals surface area (Å²) in [5.74, 6) is -1.41. The monoisotopic (exact) mass is 376 g/mol. The van der Waals surface area contributed by atoms with Gasteiger partial charge in [-0.3, -0.25) is 5.32 Å². The van der Waals surface area contributed by atoms with E-state index in [9.17, 15) is 14.0 Å². The molecule has 0 atom stereocenters. The van der Waals surface area contributed by atoms with Gasteiger partial charge >= 0.3 is 12.1 Å². The summed E-state index contributed by atoms with van der Waals surface area (Å²) in [5, 5.41) is 11.4. The highest BCUT2D eigenvalue weighted by atomic mass is 19.1. The van der Waals surface area contributed by atoms with Crippen molar-refractivity contribution in [3.05, 3.63) is 42.2 Å². The summed E-state index contributed by atoms with van der Waals surface area (Å²) in [5.41, 5.74) is 6.76. The van der Waals surface area contributed by atoms with Gasteiger partial charge in [-0.2, -0.15) is 0 Å². The van der Waals surface area contributed by atoms with Gasteiger partial charge in [0.2, 0.25) is 0 Å². The number of ether oxygens (including phenoxy) is 2. The van der Waals surface area contributed by atoms with E-state index in [0.29, 0.717) is 11.1 Å². The molecule has 1 amide bonds. The van der Waals surface area contributed by atoms with Crippen LogP contribution in [0.3, 0.4) is 0 Å². The first-order valence-corrected chi connectivity index (χ1v) is 8.09. The average molecular weight is 376 g/mol. The van der Waals surface area contributed by atoms with Crippen LogP contribution in [0.15, 0.2) is 36.4 Å². The summed E-state index contributed by atoms with van der Waals surface area (Å²) < 4.78 is 23.7. The van der Waals surface area contributed by atoms with E-state index >= 15 is 0 Å². The van der Waals surface area contributed by atoms with Crippen LogP contribution in [0.4, 0.5) is 20.6 Å². The summed E-state index contributed by atoms with van der Waals surface area (Å²) in [4.78, 5) is 22.8. The Bertz CT molecular complexity index is 844. The summed E-state index contributed by atoms with van der Waals surface area (Å²) in [6.07, 6.45) is -0.715. The minimum atomic E-state index is -1.17. The van der Waals surface area contributed by atoms with Crippen LogP contribution in [0.2, 0.25) is 0 Å². The van der Waals surface area contributed by atoms with Crippen molar-refractivity contribution in [3.63, 3.8) is 0 Å². The Morgan fingerprint density at radius 2 is 1.81 bits per heavy atom. The second-order valence-electron chi connectivity index (χ2n) is 6.75. The Labute approximate surface area is 155 Å². The number of carbonyl (C=O) groups excluding carboxylic acids is 1. The van der Waals surface area contributed by atoms with Gasteiger partial charge in [-0.15, -0.1) is 0 Å². The van der Waals surface area contributed by atoms with Crippen molar-refractivity contribution in [2.45, 2.75) is 26.4 Å². The molecular weight excluding hydrogens is 355 g/mol. The largest absolute Gasteiger partial charge is 0.481 e. The molecule has 0 fully saturated rings. The van der Waals surface area contributed by atoms with E-state index in [4.69, 9.17) is 20.3 Å². The number of anilines is 2. The van der Waals surface area contributed by atoms with Crippen LogP contribution < -0.4 is 15.8 Å². The maximum absolute atomic E-state index is 13.2. The van der Waals surface area contributed by atoms with Gasteiger partial charge in [0, 0.05) is 11.6 Å². The minimum absolute atomic E-state index is 0.171. The summed E-state index contributed by atoms with van der Waals surface area (Å²) in [7, 11) is 0. The molecule has 144 valence electrons. The number of amides is 1. The molecule has 0 aliphatic carbocycles. The van der Waals surface area contributed by atoms with E-state index < -0.39 is 30.1 Å². The first kappa shape index (κ1) is 20.0. The lowest BCUT2D eigenvalue weighted by atomic mass is 10.0. The molecule has 0 saturated carbocycles. The molecule has 0 unspecified atom stereocenters. The van der Waals surface area contributed by atoms with Gasteiger partial charge in [0.1, 0.15) is 17.2 Å². The Hall–Kier alpha value is -3.29. The van der Waals surface area contributed by atoms with Gasteiger partial charge in [-0.1, -0.05) is 12.1 Å². The van der Waals surface area contributed by atoms with Crippen LogP contribution >= 0.6 is 0 Å². The number of halogens is 1. The van der Waals surface area contributed by atoms with E-state index in [2.05, 4.69) is 5.32 Å². The lowest BCUT2D eigenvalue weighted by Crippen LogP contribution is -2.27. The molecule has 4 N–H and O–H groups in total. The number of hydrogen-bond donors (Lipinski definition) is 3. The zero-order valence-electron chi connectivity index (χ0n) is 15.2. The molecule has 2 aromatic carbocycles. The quantitative estimate of drug-likeness (QED) is 0.683. The third-order valence-electron chi connectivity index (χ3n) is 3.29. The summed E-state index contributed by atoms with van der Waals surface area (Å²) in [6, 6.07) is 8.47. The normalized spacial score (nSPS) is 11.0. The highest BCUT2D eigenvalue weighted by Crippen LogP contribution is 2.37. The maximum atomic E-state index is 13.2. The van der Waals surface area contributed by atoms with Crippen molar-refractivity contribution in [2.75, 3.05) is 17.7 Å². The lowest BCUT2D eigenvalue weighted by Gasteiger charge is -2.21. The van der Waals surface area contributed by atoms with Crippen molar-refractivity contribution in [1.82, 2.24) is 0 Å². The van der Waals surface area contributed by atoms with Crippen LogP contribution in [-0.4, -0.2) is 29.4 Å². The van der Waals surface area contributed by atoms with E-state index in [1.54, 1.807) is 20.8 Å². The Balaban J connectivity index is 2.39. The van der Waals surface area contributed by atoms with Crippen LogP contribution in [0, 0.1) is 5.82 Å². The van der Waals surface area contributed by atoms with Crippen LogP contribution in [0.1, 0.15) is 20.8 Å². The molecule has 0 aromatic heterocycles. The van der Waals surface area contributed by atoms with Crippen molar-refractivity contribution in [3.8, 4) is 16.9 Å². The molecular formula is C19H21FN2O5. The second-order valence-corrected chi connectivity index (χ2v) is 6.75. The van der Waals surface area contributed by atoms with E-state index in [0.717, 1.165) is 0 Å². The SMILES string of the molecule is CC(C)(C)OC(=O)Nc1cc(OCC(=O)O)c(-c2ccc(F)cc2)cc1N. The number of nitrogens with two attached hydrogens (primary N) is 1. The minimum Gasteiger partial charge on any atom is -0.481 e. The Morgan fingerprint density at radius 3 is 2.37 bits per heavy atom. The standard InChI is InChI=1S/C19H21FN2O5/c1-19(2,3)27-18(25)22-15-9-16(26-10-17(23)24)13(8-14(15)21)11-4-6-12(20)7-5-11/h4-9H,10,21H2,1-3H3,(H,22,25)(H,23,24). The van der Waals surface area contributed by atoms with Crippen molar-refractivity contribution in [1.29, 1.82) is 0 Å². The van der Waals surface area contributed by atoms with Gasteiger partial charge in [0.25, 0.3) is 0 Å². The molecule has 27 heavy (non-hydrogen) atoms. The molecule has 0 radical (unpaired) electrons. The molecule has 0 saturated heterocycles. The number of carboxylic acids is 1. The van der Waals surface area contributed by atoms with Crippen LogP contribution in [-0.2, 0) is 9.53 Å². The molecule has 0 aliphatic rings. The van der Waals surface area contributed by atoms with Gasteiger partial charge in [-0.25, -0.2) is 14.0 Å². The van der Waals surface area contributed by atoms with E-state index in [1.807, 2.05) is 0 Å². The average Bonchev–Trinajstić information content (AvgIpc) is 2.54. The molecule has 2 rings (SSSR count). The zero-order valence-corrected chi connectivity index (χ0v) is 15.2. The lowest BCUT2D eigenvalue weighted by molar-refractivity contribution is -0.139. The number of rotatable bonds is 5. The highest BCUT2D eigenvalue weighted by Gasteiger charge is 2.19. The Kier molecular flexibility index (Phi) is 5.89. The fraction of sp³-hybridized carbons (Fsp3) is 0.263. The number of carboxylic acid groups (broad SMARTS) is 1. The van der Waals surface area contributed by atoms with Gasteiger partial charge in [0.05, 0.1) is 11.4 Å². The van der Waals surface area contributed by atoms with Gasteiger partial charge in [0.15, 0.2) is 6.61 Å². The second kappa shape index (κ2) is 7.94. The maximum Gasteiger partial charge on any atom is 0.412 e. The topological polar surface area (TPSA) is 111 Å². The molecule has 0 spiro atoms. The first-order chi connectivity index (χ1) is 12.5. The fourth-order valence-electron chi connectivity index (χ4n) is 2.23. The third kappa shape index (κ3) is 5.88. The molecule has 8 heteroatoms. The van der Waals surface area contributed by atoms with E-state index in [-0.39, 0.29) is 17.1 Å². The predicted octanol–water partition coefficient (Wildman–Crippen LogP) is 3.89. The fourth-order valence-corrected chi connectivity index (χ4v) is 2.23. The molecule has 0 bridgehead atoms. The van der Waals surface area contributed by atoms with Crippen molar-refractivity contribution >= 4 is 23.4 Å². The van der Waals surface area contributed by atoms with Crippen LogP contribution in [0.5, 0.6) is 5.75 Å². The smallest absolute Gasteiger partial charge is 0.412 e. The zero-order chi connectivity index (χ0) is 20.2. The highest BCUT2D eigenvalue weighted by molar-refractivity contribution is 5.92. The van der Waals surface area contributed by atoms with E-state index in [1.165, 1.54) is 36.4 Å². The van der Waals surface area contributed by atoms with Gasteiger partial charge in [-0.05, 0) is 44.5 Å². The van der Waals surface area contributed by atoms with Crippen LogP contribution in [0.25, 0.3) is 11.1 Å². The predicted molar refractivity (Wildman–Crippen MR) is 99.2 cm³/mol. The molecule has 0 aliphatic heterocycles. The number of aliphatic carboxylic acids is 1. The Morgan fingerprint density at radius 1 is 1.19 bits per heavy atom. The summed E-state index contributed by atoms with van der Waals surface area (Å²) in [6.45, 7) is 4.56. The number of carbonyl (C=O) groups is 2. The number of nitrogens with one attached hydrogen (secondary N) is 1. The molecule has 2 aromatic rings. The number of benzene rings is 2. The first-order valence-electron chi connectivity index (χ1n) is 8.09. The van der Waals surface area contributed by atoms with Gasteiger partial charge < -0.3 is 20.3 Å². The number of nitrogen functional groups attached to an aromatic ring is 1. The molecule has 0 heterocycles. The molecule has 7 nitrogen and oxygen atoms in total. The third-order valence-corrected chi connectivity index (χ3v) is 3.29.